The van der Waals surface area contributed by atoms with E-state index in [0.29, 0.717) is 0 Å². The third kappa shape index (κ3) is 5.23. The summed E-state index contributed by atoms with van der Waals surface area (Å²) >= 11 is 0. The summed E-state index contributed by atoms with van der Waals surface area (Å²) in [7, 11) is 0. The van der Waals surface area contributed by atoms with Gasteiger partial charge >= 0.3 is 0 Å². The van der Waals surface area contributed by atoms with Crippen molar-refractivity contribution < 1.29 is 9.90 Å². The van der Waals surface area contributed by atoms with Gasteiger partial charge in [-0.2, -0.15) is 0 Å². The normalized spacial score (nSPS) is 25.8. The molecule has 17 heavy (non-hydrogen) atoms. The summed E-state index contributed by atoms with van der Waals surface area (Å²) in [5.74, 6) is 0.0950. The van der Waals surface area contributed by atoms with E-state index < -0.39 is 5.54 Å². The smallest absolute Gasteiger partial charge is 0.240 e. The van der Waals surface area contributed by atoms with Gasteiger partial charge in [-0.15, -0.1) is 12.4 Å². The van der Waals surface area contributed by atoms with E-state index in [9.17, 15) is 4.79 Å². The Hall–Kier alpha value is -0.320. The van der Waals surface area contributed by atoms with E-state index in [0.717, 1.165) is 38.6 Å². The van der Waals surface area contributed by atoms with Crippen LogP contribution in [-0.4, -0.2) is 35.7 Å². The zero-order valence-corrected chi connectivity index (χ0v) is 11.6. The Bertz CT molecular complexity index is 231. The number of amides is 1. The van der Waals surface area contributed by atoms with E-state index in [2.05, 4.69) is 10.6 Å². The lowest BCUT2D eigenvalue weighted by Gasteiger charge is -2.34. The van der Waals surface area contributed by atoms with Crippen LogP contribution in [0.5, 0.6) is 0 Å². The summed E-state index contributed by atoms with van der Waals surface area (Å²) in [5, 5.41) is 15.0. The number of hydrogen-bond donors (Lipinski definition) is 3. The quantitative estimate of drug-likeness (QED) is 0.700. The molecular weight excluding hydrogens is 240 g/mol. The number of carbonyl (C=O) groups excluding carboxylic acids is 1. The predicted molar refractivity (Wildman–Crippen MR) is 71.4 cm³/mol. The molecule has 1 saturated heterocycles. The molecule has 2 atom stereocenters. The maximum atomic E-state index is 12.1. The van der Waals surface area contributed by atoms with Crippen LogP contribution in [0.15, 0.2) is 0 Å². The lowest BCUT2D eigenvalue weighted by molar-refractivity contribution is -0.128. The standard InChI is InChI=1S/C12H24N2O2.ClH/c1-10(6-5-9-15)14-11(16)12(2)7-3-4-8-13-12;/h10,13,15H,3-9H2,1-2H3,(H,14,16);1H. The van der Waals surface area contributed by atoms with Crippen LogP contribution >= 0.6 is 12.4 Å². The SMILES string of the molecule is CC(CCCO)NC(=O)C1(C)CCCCN1.Cl. The largest absolute Gasteiger partial charge is 0.396 e. The molecule has 0 aliphatic carbocycles. The molecule has 5 heteroatoms. The molecule has 0 radical (unpaired) electrons. The first-order chi connectivity index (χ1) is 7.58. The number of halogens is 1. The maximum Gasteiger partial charge on any atom is 0.240 e. The summed E-state index contributed by atoms with van der Waals surface area (Å²) in [6.45, 7) is 5.07. The molecule has 0 aromatic rings. The summed E-state index contributed by atoms with van der Waals surface area (Å²) in [6, 6.07) is 0.139. The van der Waals surface area contributed by atoms with Crippen molar-refractivity contribution in [3.8, 4) is 0 Å². The number of carbonyl (C=O) groups is 1. The molecular formula is C12H25ClN2O2. The highest BCUT2D eigenvalue weighted by atomic mass is 35.5. The fraction of sp³-hybridized carbons (Fsp3) is 0.917. The fourth-order valence-corrected chi connectivity index (χ4v) is 2.10. The first-order valence-corrected chi connectivity index (χ1v) is 6.25. The van der Waals surface area contributed by atoms with Gasteiger partial charge in [0.15, 0.2) is 0 Å². The highest BCUT2D eigenvalue weighted by Gasteiger charge is 2.34. The maximum absolute atomic E-state index is 12.1. The van der Waals surface area contributed by atoms with Crippen molar-refractivity contribution in [2.24, 2.45) is 0 Å². The van der Waals surface area contributed by atoms with Gasteiger partial charge in [0.1, 0.15) is 0 Å². The molecule has 1 heterocycles. The van der Waals surface area contributed by atoms with E-state index >= 15 is 0 Å². The fourth-order valence-electron chi connectivity index (χ4n) is 2.10. The average molecular weight is 265 g/mol. The second-order valence-electron chi connectivity index (χ2n) is 4.96. The van der Waals surface area contributed by atoms with Gasteiger partial charge in [0.2, 0.25) is 5.91 Å². The van der Waals surface area contributed by atoms with Gasteiger partial charge in [0, 0.05) is 12.6 Å². The Labute approximate surface area is 110 Å². The molecule has 2 unspecified atom stereocenters. The molecule has 0 aromatic heterocycles. The summed E-state index contributed by atoms with van der Waals surface area (Å²) < 4.78 is 0. The Kier molecular flexibility index (Phi) is 7.75. The topological polar surface area (TPSA) is 61.4 Å². The Balaban J connectivity index is 0.00000256. The molecule has 1 aliphatic heterocycles. The molecule has 0 spiro atoms. The second-order valence-corrected chi connectivity index (χ2v) is 4.96. The molecule has 1 amide bonds. The number of piperidine rings is 1. The van der Waals surface area contributed by atoms with Crippen molar-refractivity contribution in [3.05, 3.63) is 0 Å². The molecule has 0 bridgehead atoms. The molecule has 3 N–H and O–H groups in total. The minimum Gasteiger partial charge on any atom is -0.396 e. The summed E-state index contributed by atoms with van der Waals surface area (Å²) in [4.78, 5) is 12.1. The minimum absolute atomic E-state index is 0. The average Bonchev–Trinajstić information content (AvgIpc) is 2.27. The molecule has 1 rings (SSSR count). The van der Waals surface area contributed by atoms with Crippen molar-refractivity contribution >= 4 is 18.3 Å². The lowest BCUT2D eigenvalue weighted by atomic mass is 9.90. The monoisotopic (exact) mass is 264 g/mol. The summed E-state index contributed by atoms with van der Waals surface area (Å²) in [5.41, 5.74) is -0.397. The third-order valence-corrected chi connectivity index (χ3v) is 3.29. The van der Waals surface area contributed by atoms with Crippen LogP contribution < -0.4 is 10.6 Å². The van der Waals surface area contributed by atoms with Gasteiger partial charge in [0.25, 0.3) is 0 Å². The van der Waals surface area contributed by atoms with Crippen LogP contribution in [0, 0.1) is 0 Å². The van der Waals surface area contributed by atoms with Gasteiger partial charge in [-0.25, -0.2) is 0 Å². The van der Waals surface area contributed by atoms with Crippen LogP contribution in [0.4, 0.5) is 0 Å². The van der Waals surface area contributed by atoms with Crippen molar-refractivity contribution in [2.75, 3.05) is 13.2 Å². The number of aliphatic hydroxyl groups excluding tert-OH is 1. The van der Waals surface area contributed by atoms with E-state index in [4.69, 9.17) is 5.11 Å². The number of nitrogens with one attached hydrogen (secondary N) is 2. The van der Waals surface area contributed by atoms with E-state index in [1.165, 1.54) is 0 Å². The summed E-state index contributed by atoms with van der Waals surface area (Å²) in [6.07, 6.45) is 4.75. The predicted octanol–water partition coefficient (Wildman–Crippen LogP) is 1.22. The first kappa shape index (κ1) is 16.7. The van der Waals surface area contributed by atoms with Crippen LogP contribution in [0.25, 0.3) is 0 Å². The van der Waals surface area contributed by atoms with Crippen LogP contribution in [0.1, 0.15) is 46.0 Å². The molecule has 0 saturated carbocycles. The Morgan fingerprint density at radius 3 is 2.76 bits per heavy atom. The molecule has 4 nitrogen and oxygen atoms in total. The van der Waals surface area contributed by atoms with Crippen LogP contribution in [-0.2, 0) is 4.79 Å². The van der Waals surface area contributed by atoms with E-state index in [1.807, 2.05) is 13.8 Å². The van der Waals surface area contributed by atoms with Crippen LogP contribution in [0.3, 0.4) is 0 Å². The molecule has 0 aromatic carbocycles. The minimum atomic E-state index is -0.397. The first-order valence-electron chi connectivity index (χ1n) is 6.25. The Morgan fingerprint density at radius 2 is 2.24 bits per heavy atom. The van der Waals surface area contributed by atoms with Crippen molar-refractivity contribution in [2.45, 2.75) is 57.5 Å². The zero-order valence-electron chi connectivity index (χ0n) is 10.8. The highest BCUT2D eigenvalue weighted by Crippen LogP contribution is 2.19. The third-order valence-electron chi connectivity index (χ3n) is 3.29. The number of aliphatic hydroxyl groups is 1. The number of hydrogen-bond acceptors (Lipinski definition) is 3. The van der Waals surface area contributed by atoms with E-state index in [1.54, 1.807) is 0 Å². The van der Waals surface area contributed by atoms with E-state index in [-0.39, 0.29) is 31.0 Å². The molecule has 102 valence electrons. The molecule has 1 fully saturated rings. The highest BCUT2D eigenvalue weighted by molar-refractivity contribution is 5.86. The van der Waals surface area contributed by atoms with Gasteiger partial charge in [-0.1, -0.05) is 0 Å². The van der Waals surface area contributed by atoms with Gasteiger partial charge in [0.05, 0.1) is 5.54 Å². The van der Waals surface area contributed by atoms with Crippen molar-refractivity contribution in [3.63, 3.8) is 0 Å². The van der Waals surface area contributed by atoms with Gasteiger partial charge < -0.3 is 15.7 Å². The van der Waals surface area contributed by atoms with Gasteiger partial charge in [-0.05, 0) is 52.5 Å². The second kappa shape index (κ2) is 7.90. The van der Waals surface area contributed by atoms with Crippen molar-refractivity contribution in [1.82, 2.24) is 10.6 Å². The van der Waals surface area contributed by atoms with Gasteiger partial charge in [-0.3, -0.25) is 4.79 Å². The van der Waals surface area contributed by atoms with Crippen LogP contribution in [0.2, 0.25) is 0 Å². The molecule has 1 aliphatic rings. The number of rotatable bonds is 5. The van der Waals surface area contributed by atoms with Crippen molar-refractivity contribution in [1.29, 1.82) is 0 Å². The Morgan fingerprint density at radius 1 is 1.53 bits per heavy atom. The lowest BCUT2D eigenvalue weighted by Crippen LogP contribution is -2.58. The zero-order chi connectivity index (χ0) is 12.0.